The second kappa shape index (κ2) is 8.70. The summed E-state index contributed by atoms with van der Waals surface area (Å²) in [6.07, 6.45) is 2.60. The minimum Gasteiger partial charge on any atom is -0.507 e. The Labute approximate surface area is 225 Å². The molecule has 12 heteroatoms. The van der Waals surface area contributed by atoms with Crippen molar-refractivity contribution in [3.8, 4) is 17.2 Å². The molecule has 1 spiro atoms. The number of hydrogen-bond acceptors (Lipinski definition) is 9. The fourth-order valence-corrected chi connectivity index (χ4v) is 5.47. The van der Waals surface area contributed by atoms with Crippen molar-refractivity contribution in [2.45, 2.75) is 18.9 Å². The highest BCUT2D eigenvalue weighted by Crippen LogP contribution is 2.54. The number of pyridine rings is 1. The van der Waals surface area contributed by atoms with E-state index in [4.69, 9.17) is 25.8 Å². The SMILES string of the molecule is COc1cc(OC)c2c(c1Cl)O[C@]1(C2=O)C(O)=C(C=Nc2ccc3ncc4c(=O)[nH][nH]c4c3c2)C(=O)C[C@H]1C. The molecular weight excluding hydrogens is 528 g/mol. The van der Waals surface area contributed by atoms with Gasteiger partial charge in [0.1, 0.15) is 22.1 Å². The maximum Gasteiger partial charge on any atom is 0.273 e. The van der Waals surface area contributed by atoms with Crippen LogP contribution in [0.3, 0.4) is 0 Å². The molecule has 0 fully saturated rings. The number of H-pyrrole nitrogens is 2. The molecule has 39 heavy (non-hydrogen) atoms. The van der Waals surface area contributed by atoms with E-state index in [2.05, 4.69) is 20.2 Å². The number of carbonyl (C=O) groups is 2. The lowest BCUT2D eigenvalue weighted by Gasteiger charge is -2.36. The van der Waals surface area contributed by atoms with E-state index in [0.29, 0.717) is 27.5 Å². The molecule has 0 bridgehead atoms. The quantitative estimate of drug-likeness (QED) is 0.320. The van der Waals surface area contributed by atoms with Crippen molar-refractivity contribution < 1.29 is 28.9 Å². The van der Waals surface area contributed by atoms with Crippen molar-refractivity contribution in [3.05, 3.63) is 62.7 Å². The van der Waals surface area contributed by atoms with Crippen molar-refractivity contribution in [1.29, 1.82) is 0 Å². The van der Waals surface area contributed by atoms with Gasteiger partial charge in [0, 0.05) is 36.2 Å². The molecule has 11 nitrogen and oxygen atoms in total. The van der Waals surface area contributed by atoms with E-state index in [9.17, 15) is 19.5 Å². The third-order valence-electron chi connectivity index (χ3n) is 7.25. The molecule has 3 heterocycles. The highest BCUT2D eigenvalue weighted by molar-refractivity contribution is 6.35. The van der Waals surface area contributed by atoms with Crippen molar-refractivity contribution in [3.63, 3.8) is 0 Å². The fourth-order valence-electron chi connectivity index (χ4n) is 5.21. The van der Waals surface area contributed by atoms with Gasteiger partial charge in [-0.15, -0.1) is 0 Å². The Morgan fingerprint density at radius 1 is 1.15 bits per heavy atom. The van der Waals surface area contributed by atoms with Crippen LogP contribution in [0.2, 0.25) is 5.02 Å². The molecule has 198 valence electrons. The summed E-state index contributed by atoms with van der Waals surface area (Å²) in [4.78, 5) is 47.5. The number of nitrogens with zero attached hydrogens (tertiary/aromatic N) is 2. The highest BCUT2D eigenvalue weighted by Gasteiger charge is 2.60. The summed E-state index contributed by atoms with van der Waals surface area (Å²) in [7, 11) is 2.80. The van der Waals surface area contributed by atoms with E-state index in [1.807, 2.05) is 0 Å². The van der Waals surface area contributed by atoms with E-state index < -0.39 is 28.8 Å². The first-order valence-corrected chi connectivity index (χ1v) is 12.3. The number of rotatable bonds is 4. The number of Topliss-reactive ketones (excluding diaryl/α,β-unsaturated/α-hetero) is 2. The molecule has 2 aromatic carbocycles. The number of aliphatic hydroxyl groups is 1. The molecule has 3 N–H and O–H groups in total. The number of methoxy groups -OCH3 is 2. The van der Waals surface area contributed by atoms with E-state index in [1.165, 1.54) is 32.7 Å². The third-order valence-corrected chi connectivity index (χ3v) is 7.61. The number of nitrogens with one attached hydrogen (secondary N) is 2. The van der Waals surface area contributed by atoms with Gasteiger partial charge in [0.2, 0.25) is 11.4 Å². The van der Waals surface area contributed by atoms with E-state index >= 15 is 0 Å². The number of aromatic nitrogens is 3. The average molecular weight is 549 g/mol. The van der Waals surface area contributed by atoms with Gasteiger partial charge in [-0.25, -0.2) is 0 Å². The highest BCUT2D eigenvalue weighted by atomic mass is 35.5. The summed E-state index contributed by atoms with van der Waals surface area (Å²) in [6.45, 7) is 1.64. The number of aliphatic hydroxyl groups excluding tert-OH is 1. The van der Waals surface area contributed by atoms with Crippen LogP contribution in [0.4, 0.5) is 5.69 Å². The Morgan fingerprint density at radius 3 is 2.67 bits per heavy atom. The summed E-state index contributed by atoms with van der Waals surface area (Å²) in [6, 6.07) is 6.55. The zero-order chi connectivity index (χ0) is 27.6. The minimum absolute atomic E-state index is 0.00782. The normalized spacial score (nSPS) is 20.9. The van der Waals surface area contributed by atoms with Crippen molar-refractivity contribution in [1.82, 2.24) is 15.2 Å². The number of ketones is 2. The Hall–Kier alpha value is -4.64. The van der Waals surface area contributed by atoms with Gasteiger partial charge in [-0.3, -0.25) is 34.6 Å². The van der Waals surface area contributed by atoms with Crippen LogP contribution in [-0.4, -0.2) is 57.9 Å². The Kier molecular flexibility index (Phi) is 5.51. The van der Waals surface area contributed by atoms with Gasteiger partial charge in [0.15, 0.2) is 17.3 Å². The van der Waals surface area contributed by atoms with Gasteiger partial charge >= 0.3 is 0 Å². The number of aliphatic imine (C=N–C) groups is 1. The Balaban J connectivity index is 1.46. The zero-order valence-electron chi connectivity index (χ0n) is 20.9. The van der Waals surface area contributed by atoms with Crippen molar-refractivity contribution in [2.75, 3.05) is 14.2 Å². The Bertz CT molecular complexity index is 1850. The van der Waals surface area contributed by atoms with Crippen LogP contribution in [0.15, 0.2) is 51.6 Å². The first kappa shape index (κ1) is 24.7. The predicted molar refractivity (Wildman–Crippen MR) is 143 cm³/mol. The predicted octanol–water partition coefficient (Wildman–Crippen LogP) is 4.21. The van der Waals surface area contributed by atoms with E-state index in [0.717, 1.165) is 0 Å². The van der Waals surface area contributed by atoms with Gasteiger partial charge in [-0.1, -0.05) is 18.5 Å². The number of aromatic amines is 2. The number of ether oxygens (including phenoxy) is 3. The van der Waals surface area contributed by atoms with Crippen molar-refractivity contribution in [2.24, 2.45) is 10.9 Å². The number of benzene rings is 2. The smallest absolute Gasteiger partial charge is 0.273 e. The summed E-state index contributed by atoms with van der Waals surface area (Å²) in [5.74, 6) is -1.87. The van der Waals surface area contributed by atoms with E-state index in [1.54, 1.807) is 25.1 Å². The van der Waals surface area contributed by atoms with Crippen LogP contribution in [0.5, 0.6) is 17.2 Å². The van der Waals surface area contributed by atoms with Gasteiger partial charge < -0.3 is 19.3 Å². The minimum atomic E-state index is -1.90. The first-order valence-electron chi connectivity index (χ1n) is 11.9. The monoisotopic (exact) mass is 548 g/mol. The maximum absolute atomic E-state index is 13.8. The molecular formula is C27H21ClN4O7. The first-order chi connectivity index (χ1) is 18.7. The third kappa shape index (κ3) is 3.39. The van der Waals surface area contributed by atoms with Gasteiger partial charge in [-0.2, -0.15) is 0 Å². The number of allylic oxidation sites excluding steroid dienone is 1. The lowest BCUT2D eigenvalue weighted by molar-refractivity contribution is -0.118. The summed E-state index contributed by atoms with van der Waals surface area (Å²) in [5, 5.41) is 17.9. The van der Waals surface area contributed by atoms with Crippen LogP contribution in [0.25, 0.3) is 21.8 Å². The second-order valence-electron chi connectivity index (χ2n) is 9.34. The second-order valence-corrected chi connectivity index (χ2v) is 9.72. The fraction of sp³-hybridized carbons (Fsp3) is 0.222. The average Bonchev–Trinajstić information content (AvgIpc) is 3.46. The molecule has 0 saturated carbocycles. The van der Waals surface area contributed by atoms with Gasteiger partial charge in [-0.05, 0) is 18.2 Å². The largest absolute Gasteiger partial charge is 0.507 e. The molecule has 2 aliphatic rings. The van der Waals surface area contributed by atoms with E-state index in [-0.39, 0.29) is 45.4 Å². The van der Waals surface area contributed by atoms with Crippen LogP contribution in [0, 0.1) is 5.92 Å². The number of fused-ring (bicyclic) bond motifs is 4. The number of hydrogen-bond donors (Lipinski definition) is 3. The molecule has 2 atom stereocenters. The molecule has 4 aromatic rings. The Morgan fingerprint density at radius 2 is 1.92 bits per heavy atom. The molecule has 0 unspecified atom stereocenters. The van der Waals surface area contributed by atoms with Crippen LogP contribution in [-0.2, 0) is 4.79 Å². The summed E-state index contributed by atoms with van der Waals surface area (Å²) in [5.41, 5.74) is -0.686. The topological polar surface area (TPSA) is 156 Å². The zero-order valence-corrected chi connectivity index (χ0v) is 21.7. The van der Waals surface area contributed by atoms with Crippen LogP contribution in [0.1, 0.15) is 23.7 Å². The summed E-state index contributed by atoms with van der Waals surface area (Å²) >= 11 is 6.47. The van der Waals surface area contributed by atoms with Crippen LogP contribution < -0.4 is 19.8 Å². The molecule has 1 aliphatic heterocycles. The van der Waals surface area contributed by atoms with Crippen LogP contribution >= 0.6 is 11.6 Å². The van der Waals surface area contributed by atoms with Gasteiger partial charge in [0.25, 0.3) is 5.56 Å². The lowest BCUT2D eigenvalue weighted by atomic mass is 9.73. The molecule has 0 radical (unpaired) electrons. The molecule has 1 aliphatic carbocycles. The number of halogens is 1. The van der Waals surface area contributed by atoms with Crippen molar-refractivity contribution >= 4 is 56.9 Å². The summed E-state index contributed by atoms with van der Waals surface area (Å²) < 4.78 is 16.8. The molecule has 6 rings (SSSR count). The van der Waals surface area contributed by atoms with Gasteiger partial charge in [0.05, 0.1) is 41.9 Å². The lowest BCUT2D eigenvalue weighted by Crippen LogP contribution is -2.52. The number of carbonyl (C=O) groups excluding carboxylic acids is 2. The molecule has 2 aromatic heterocycles. The maximum atomic E-state index is 13.8. The molecule has 0 amide bonds. The standard InChI is InChI=1S/C27H21ClN4O7/c1-11-6-17(33)14(9-29-12-4-5-16-13(7-12)22-15(10-30-16)26(36)32-31-22)24(34)27(11)25(35)20-18(37-2)8-19(38-3)21(28)23(20)39-27/h4-5,7-11,34H,6H2,1-3H3,(H2,31,32,36)/t11-,27+/m1/s1. The molecule has 0 saturated heterocycles.